The van der Waals surface area contributed by atoms with Gasteiger partial charge in [0.2, 0.25) is 5.76 Å². The number of aromatic carboxylic acids is 1. The Bertz CT molecular complexity index is 433. The zero-order valence-electron chi connectivity index (χ0n) is 9.60. The summed E-state index contributed by atoms with van der Waals surface area (Å²) in [5.41, 5.74) is 0. The molecule has 1 aromatic heterocycles. The van der Waals surface area contributed by atoms with Gasteiger partial charge in [-0.05, 0) is 31.4 Å². The maximum absolute atomic E-state index is 11.7. The van der Waals surface area contributed by atoms with Gasteiger partial charge in [-0.15, -0.1) is 0 Å². The molecule has 2 N–H and O–H groups in total. The van der Waals surface area contributed by atoms with Crippen LogP contribution in [0.5, 0.6) is 0 Å². The highest BCUT2D eigenvalue weighted by atomic mass is 16.4. The second kappa shape index (κ2) is 4.61. The smallest absolute Gasteiger partial charge is 0.371 e. The van der Waals surface area contributed by atoms with Crippen LogP contribution in [0.25, 0.3) is 0 Å². The molecule has 0 saturated heterocycles. The van der Waals surface area contributed by atoms with Gasteiger partial charge in [-0.1, -0.05) is 12.8 Å². The van der Waals surface area contributed by atoms with E-state index < -0.39 is 5.97 Å². The van der Waals surface area contributed by atoms with Gasteiger partial charge in [0.1, 0.15) is 0 Å². The van der Waals surface area contributed by atoms with E-state index in [-0.39, 0.29) is 23.5 Å². The van der Waals surface area contributed by atoms with Gasteiger partial charge in [-0.3, -0.25) is 4.79 Å². The van der Waals surface area contributed by atoms with Crippen LogP contribution >= 0.6 is 0 Å². The second-order valence-electron chi connectivity index (χ2n) is 4.52. The van der Waals surface area contributed by atoms with Crippen LogP contribution in [0.4, 0.5) is 0 Å². The third kappa shape index (κ3) is 3.09. The molecule has 5 heteroatoms. The van der Waals surface area contributed by atoms with Crippen LogP contribution in [0, 0.1) is 5.92 Å². The molecule has 1 aliphatic carbocycles. The summed E-state index contributed by atoms with van der Waals surface area (Å²) in [6.45, 7) is 1.94. The molecule has 0 aliphatic heterocycles. The Morgan fingerprint density at radius 1 is 1.47 bits per heavy atom. The van der Waals surface area contributed by atoms with Crippen molar-refractivity contribution in [2.24, 2.45) is 5.92 Å². The number of carbonyl (C=O) groups excluding carboxylic acids is 1. The van der Waals surface area contributed by atoms with Crippen molar-refractivity contribution in [1.82, 2.24) is 5.32 Å². The monoisotopic (exact) mass is 237 g/mol. The lowest BCUT2D eigenvalue weighted by molar-refractivity contribution is 0.0659. The summed E-state index contributed by atoms with van der Waals surface area (Å²) in [7, 11) is 0. The summed E-state index contributed by atoms with van der Waals surface area (Å²) in [6, 6.07) is 2.75. The molecule has 1 amide bonds. The molecule has 2 rings (SSSR count). The fourth-order valence-corrected chi connectivity index (χ4v) is 1.78. The molecular weight excluding hydrogens is 222 g/mol. The fraction of sp³-hybridized carbons (Fsp3) is 0.500. The number of hydrogen-bond acceptors (Lipinski definition) is 3. The first-order valence-electron chi connectivity index (χ1n) is 5.70. The van der Waals surface area contributed by atoms with Crippen molar-refractivity contribution in [3.05, 3.63) is 23.7 Å². The number of rotatable bonds is 5. The van der Waals surface area contributed by atoms with E-state index in [2.05, 4.69) is 5.32 Å². The molecule has 1 heterocycles. The lowest BCUT2D eigenvalue weighted by Gasteiger charge is -2.11. The summed E-state index contributed by atoms with van der Waals surface area (Å²) in [5.74, 6) is -0.966. The highest BCUT2D eigenvalue weighted by Crippen LogP contribution is 2.33. The van der Waals surface area contributed by atoms with Gasteiger partial charge in [-0.25, -0.2) is 4.79 Å². The fourth-order valence-electron chi connectivity index (χ4n) is 1.78. The first kappa shape index (κ1) is 11.7. The van der Waals surface area contributed by atoms with Gasteiger partial charge in [0.15, 0.2) is 5.76 Å². The molecule has 0 spiro atoms. The Morgan fingerprint density at radius 2 is 2.12 bits per heavy atom. The van der Waals surface area contributed by atoms with Crippen molar-refractivity contribution < 1.29 is 19.1 Å². The number of furan rings is 1. The predicted molar refractivity (Wildman–Crippen MR) is 59.9 cm³/mol. The Balaban J connectivity index is 1.91. The van der Waals surface area contributed by atoms with Crippen molar-refractivity contribution in [2.45, 2.75) is 32.2 Å². The molecule has 1 saturated carbocycles. The van der Waals surface area contributed by atoms with Crippen LogP contribution in [-0.4, -0.2) is 23.0 Å². The minimum absolute atomic E-state index is 0.0463. The normalized spacial score (nSPS) is 16.5. The van der Waals surface area contributed by atoms with Gasteiger partial charge >= 0.3 is 5.97 Å². The van der Waals surface area contributed by atoms with E-state index in [4.69, 9.17) is 9.52 Å². The third-order valence-electron chi connectivity index (χ3n) is 2.80. The molecule has 5 nitrogen and oxygen atoms in total. The van der Waals surface area contributed by atoms with E-state index in [0.717, 1.165) is 12.3 Å². The minimum Gasteiger partial charge on any atom is -0.475 e. The van der Waals surface area contributed by atoms with Crippen molar-refractivity contribution in [1.29, 1.82) is 0 Å². The molecule has 1 atom stereocenters. The Kier molecular flexibility index (Phi) is 3.17. The molecule has 0 bridgehead atoms. The largest absolute Gasteiger partial charge is 0.475 e. The van der Waals surface area contributed by atoms with Gasteiger partial charge in [0, 0.05) is 6.04 Å². The van der Waals surface area contributed by atoms with E-state index in [0.29, 0.717) is 0 Å². The number of hydrogen-bond donors (Lipinski definition) is 2. The van der Waals surface area contributed by atoms with Gasteiger partial charge in [-0.2, -0.15) is 0 Å². The maximum atomic E-state index is 11.7. The van der Waals surface area contributed by atoms with Crippen molar-refractivity contribution >= 4 is 11.9 Å². The molecule has 1 fully saturated rings. The van der Waals surface area contributed by atoms with Crippen molar-refractivity contribution in [2.75, 3.05) is 0 Å². The minimum atomic E-state index is -1.17. The average molecular weight is 237 g/mol. The Morgan fingerprint density at radius 3 is 2.65 bits per heavy atom. The second-order valence-corrected chi connectivity index (χ2v) is 4.52. The van der Waals surface area contributed by atoms with E-state index in [9.17, 15) is 9.59 Å². The summed E-state index contributed by atoms with van der Waals surface area (Å²) in [5, 5.41) is 11.5. The van der Waals surface area contributed by atoms with Crippen LogP contribution in [-0.2, 0) is 0 Å². The molecule has 17 heavy (non-hydrogen) atoms. The van der Waals surface area contributed by atoms with Crippen LogP contribution in [0.15, 0.2) is 16.5 Å². The summed E-state index contributed by atoms with van der Waals surface area (Å²) in [6.07, 6.45) is 3.45. The van der Waals surface area contributed by atoms with Gasteiger partial charge in [0.25, 0.3) is 5.91 Å². The van der Waals surface area contributed by atoms with Crippen LogP contribution in [0.2, 0.25) is 0 Å². The first-order chi connectivity index (χ1) is 8.06. The molecule has 1 unspecified atom stereocenters. The maximum Gasteiger partial charge on any atom is 0.371 e. The SMILES string of the molecule is CC(CC1CC1)NC(=O)c1ccc(C(=O)O)o1. The first-order valence-corrected chi connectivity index (χ1v) is 5.70. The van der Waals surface area contributed by atoms with E-state index in [1.165, 1.54) is 25.0 Å². The Hall–Kier alpha value is -1.78. The highest BCUT2D eigenvalue weighted by molar-refractivity contribution is 5.93. The number of carboxylic acid groups (broad SMARTS) is 1. The standard InChI is InChI=1S/C12H15NO4/c1-7(6-8-2-3-8)13-11(14)9-4-5-10(17-9)12(15)16/h4-5,7-8H,2-3,6H2,1H3,(H,13,14)(H,15,16). The topological polar surface area (TPSA) is 79.5 Å². The lowest BCUT2D eigenvalue weighted by atomic mass is 10.1. The van der Waals surface area contributed by atoms with Gasteiger partial charge < -0.3 is 14.8 Å². The predicted octanol–water partition coefficient (Wildman–Crippen LogP) is 1.90. The number of amides is 1. The third-order valence-corrected chi connectivity index (χ3v) is 2.80. The van der Waals surface area contributed by atoms with Crippen LogP contribution in [0.1, 0.15) is 47.3 Å². The van der Waals surface area contributed by atoms with E-state index in [1.807, 2.05) is 6.92 Å². The van der Waals surface area contributed by atoms with E-state index in [1.54, 1.807) is 0 Å². The Labute approximate surface area is 98.8 Å². The van der Waals surface area contributed by atoms with E-state index >= 15 is 0 Å². The molecular formula is C12H15NO4. The molecule has 0 radical (unpaired) electrons. The van der Waals surface area contributed by atoms with Gasteiger partial charge in [0.05, 0.1) is 0 Å². The zero-order valence-corrected chi connectivity index (χ0v) is 9.60. The quantitative estimate of drug-likeness (QED) is 0.819. The molecule has 0 aromatic carbocycles. The molecule has 92 valence electrons. The number of nitrogens with one attached hydrogen (secondary N) is 1. The zero-order chi connectivity index (χ0) is 12.4. The molecule has 1 aromatic rings. The number of carbonyl (C=O) groups is 2. The van der Waals surface area contributed by atoms with Crippen LogP contribution < -0.4 is 5.32 Å². The summed E-state index contributed by atoms with van der Waals surface area (Å²) < 4.78 is 4.92. The lowest BCUT2D eigenvalue weighted by Crippen LogP contribution is -2.32. The number of carboxylic acids is 1. The highest BCUT2D eigenvalue weighted by Gasteiger charge is 2.25. The molecule has 1 aliphatic rings. The summed E-state index contributed by atoms with van der Waals surface area (Å²) in [4.78, 5) is 22.3. The van der Waals surface area contributed by atoms with Crippen molar-refractivity contribution in [3.63, 3.8) is 0 Å². The average Bonchev–Trinajstić information content (AvgIpc) is 2.92. The van der Waals surface area contributed by atoms with Crippen molar-refractivity contribution in [3.8, 4) is 0 Å². The van der Waals surface area contributed by atoms with Crippen LogP contribution in [0.3, 0.4) is 0 Å². The summed E-state index contributed by atoms with van der Waals surface area (Å²) >= 11 is 0.